The predicted octanol–water partition coefficient (Wildman–Crippen LogP) is 4.38. The van der Waals surface area contributed by atoms with Crippen molar-refractivity contribution in [2.75, 3.05) is 0 Å². The normalized spacial score (nSPS) is 16.0. The molecule has 2 aromatic rings. The number of allylic oxidation sites excluding steroid dienone is 4. The van der Waals surface area contributed by atoms with Gasteiger partial charge in [-0.3, -0.25) is 4.79 Å². The summed E-state index contributed by atoms with van der Waals surface area (Å²) >= 11 is 0. The van der Waals surface area contributed by atoms with Crippen molar-refractivity contribution < 1.29 is 19.4 Å². The summed E-state index contributed by atoms with van der Waals surface area (Å²) < 4.78 is 5.35. The number of unbranched alkanes of at least 4 members (excludes halogenated alkanes) is 1. The minimum atomic E-state index is -1.05. The van der Waals surface area contributed by atoms with Crippen molar-refractivity contribution in [3.05, 3.63) is 53.5 Å². The first kappa shape index (κ1) is 21.6. The predicted molar refractivity (Wildman–Crippen MR) is 113 cm³/mol. The second-order valence-electron chi connectivity index (χ2n) is 8.38. The van der Waals surface area contributed by atoms with Gasteiger partial charge >= 0.3 is 11.9 Å². The van der Waals surface area contributed by atoms with Gasteiger partial charge in [-0.15, -0.1) is 0 Å². The first-order valence-corrected chi connectivity index (χ1v) is 10.2. The highest BCUT2D eigenvalue weighted by Gasteiger charge is 2.19. The Balaban J connectivity index is 1.79. The number of carboxylic acid groups (broad SMARTS) is 1. The number of aromatic nitrogens is 3. The van der Waals surface area contributed by atoms with Gasteiger partial charge in [0.05, 0.1) is 17.0 Å². The lowest BCUT2D eigenvalue weighted by atomic mass is 9.94. The highest BCUT2D eigenvalue weighted by molar-refractivity contribution is 5.90. The number of rotatable bonds is 7. The standard InChI is InChI=1S/C23H27N3O4/c1-23(2,3)30-19(27)12-8-7-11-17-20(15-9-5-4-6-10-15)26-21-18(25-17)13-16(14-24-21)22(28)29/h4-6,9,13-15H,7-8,10-12H2,1-3H3,(H,28,29). The molecule has 2 aromatic heterocycles. The third-order valence-corrected chi connectivity index (χ3v) is 4.67. The van der Waals surface area contributed by atoms with Crippen LogP contribution in [0.4, 0.5) is 0 Å². The monoisotopic (exact) mass is 409 g/mol. The van der Waals surface area contributed by atoms with Crippen molar-refractivity contribution in [3.8, 4) is 0 Å². The molecule has 1 aliphatic rings. The van der Waals surface area contributed by atoms with E-state index < -0.39 is 11.6 Å². The number of pyridine rings is 1. The first-order valence-electron chi connectivity index (χ1n) is 10.2. The average Bonchev–Trinajstić information content (AvgIpc) is 2.69. The maximum absolute atomic E-state index is 11.9. The summed E-state index contributed by atoms with van der Waals surface area (Å²) in [6, 6.07) is 1.50. The van der Waals surface area contributed by atoms with Crippen LogP contribution < -0.4 is 0 Å². The van der Waals surface area contributed by atoms with Crippen LogP contribution in [0.25, 0.3) is 11.2 Å². The van der Waals surface area contributed by atoms with E-state index in [4.69, 9.17) is 14.7 Å². The largest absolute Gasteiger partial charge is 0.478 e. The third-order valence-electron chi connectivity index (χ3n) is 4.67. The van der Waals surface area contributed by atoms with Crippen LogP contribution >= 0.6 is 0 Å². The number of hydrogen-bond donors (Lipinski definition) is 1. The van der Waals surface area contributed by atoms with E-state index in [9.17, 15) is 14.7 Å². The van der Waals surface area contributed by atoms with Gasteiger partial charge in [0.2, 0.25) is 0 Å². The molecule has 1 aliphatic carbocycles. The van der Waals surface area contributed by atoms with E-state index in [-0.39, 0.29) is 17.5 Å². The molecule has 1 N–H and O–H groups in total. The van der Waals surface area contributed by atoms with Crippen molar-refractivity contribution in [1.29, 1.82) is 0 Å². The van der Waals surface area contributed by atoms with Gasteiger partial charge in [0.1, 0.15) is 11.1 Å². The molecule has 2 heterocycles. The molecule has 0 saturated heterocycles. The summed E-state index contributed by atoms with van der Waals surface area (Å²) in [6.45, 7) is 5.56. The van der Waals surface area contributed by atoms with Crippen LogP contribution in [-0.2, 0) is 16.0 Å². The summed E-state index contributed by atoms with van der Waals surface area (Å²) in [6.07, 6.45) is 12.7. The van der Waals surface area contributed by atoms with Crippen LogP contribution in [0.15, 0.2) is 36.6 Å². The smallest absolute Gasteiger partial charge is 0.337 e. The Kier molecular flexibility index (Phi) is 6.59. The van der Waals surface area contributed by atoms with Gasteiger partial charge < -0.3 is 9.84 Å². The highest BCUT2D eigenvalue weighted by Crippen LogP contribution is 2.28. The minimum absolute atomic E-state index is 0.0842. The molecule has 0 amide bonds. The van der Waals surface area contributed by atoms with Crippen molar-refractivity contribution in [3.63, 3.8) is 0 Å². The van der Waals surface area contributed by atoms with Crippen LogP contribution in [0.2, 0.25) is 0 Å². The van der Waals surface area contributed by atoms with E-state index in [1.807, 2.05) is 32.9 Å². The Labute approximate surface area is 175 Å². The molecule has 0 radical (unpaired) electrons. The lowest BCUT2D eigenvalue weighted by Crippen LogP contribution is -2.23. The van der Waals surface area contributed by atoms with E-state index >= 15 is 0 Å². The fourth-order valence-corrected chi connectivity index (χ4v) is 3.33. The lowest BCUT2D eigenvalue weighted by Gasteiger charge is -2.19. The fraction of sp³-hybridized carbons (Fsp3) is 0.435. The number of fused-ring (bicyclic) bond motifs is 1. The van der Waals surface area contributed by atoms with Gasteiger partial charge in [-0.25, -0.2) is 19.7 Å². The number of carboxylic acids is 1. The molecular formula is C23H27N3O4. The van der Waals surface area contributed by atoms with Crippen molar-refractivity contribution in [1.82, 2.24) is 15.0 Å². The molecule has 0 bridgehead atoms. The minimum Gasteiger partial charge on any atom is -0.478 e. The molecule has 7 heteroatoms. The molecule has 0 saturated carbocycles. The van der Waals surface area contributed by atoms with Crippen LogP contribution in [0, 0.1) is 0 Å². The van der Waals surface area contributed by atoms with Crippen molar-refractivity contribution >= 4 is 23.1 Å². The van der Waals surface area contributed by atoms with Crippen molar-refractivity contribution in [2.24, 2.45) is 0 Å². The van der Waals surface area contributed by atoms with Crippen LogP contribution in [0.3, 0.4) is 0 Å². The number of hydrogen-bond acceptors (Lipinski definition) is 6. The topological polar surface area (TPSA) is 102 Å². The molecule has 0 aromatic carbocycles. The maximum atomic E-state index is 11.9. The molecule has 7 nitrogen and oxygen atoms in total. The highest BCUT2D eigenvalue weighted by atomic mass is 16.6. The molecule has 1 unspecified atom stereocenters. The number of esters is 1. The number of nitrogens with zero attached hydrogens (tertiary/aromatic N) is 3. The van der Waals surface area contributed by atoms with Gasteiger partial charge in [0.25, 0.3) is 0 Å². The molecule has 158 valence electrons. The fourth-order valence-electron chi connectivity index (χ4n) is 3.33. The zero-order valence-electron chi connectivity index (χ0n) is 17.6. The van der Waals surface area contributed by atoms with Gasteiger partial charge in [0.15, 0.2) is 5.65 Å². The molecule has 1 atom stereocenters. The van der Waals surface area contributed by atoms with E-state index in [2.05, 4.69) is 17.1 Å². The number of aromatic carboxylic acids is 1. The van der Waals surface area contributed by atoms with Gasteiger partial charge in [-0.2, -0.15) is 0 Å². The van der Waals surface area contributed by atoms with E-state index in [0.717, 1.165) is 24.2 Å². The summed E-state index contributed by atoms with van der Waals surface area (Å²) in [5, 5.41) is 9.23. The summed E-state index contributed by atoms with van der Waals surface area (Å²) in [5.74, 6) is -1.15. The Hall–Kier alpha value is -3.09. The molecular weight excluding hydrogens is 382 g/mol. The second-order valence-corrected chi connectivity index (χ2v) is 8.38. The van der Waals surface area contributed by atoms with Crippen LogP contribution in [-0.4, -0.2) is 37.6 Å². The average molecular weight is 409 g/mol. The zero-order valence-corrected chi connectivity index (χ0v) is 17.6. The Morgan fingerprint density at radius 3 is 2.67 bits per heavy atom. The molecule has 3 rings (SSSR count). The lowest BCUT2D eigenvalue weighted by molar-refractivity contribution is -0.154. The molecule has 0 fully saturated rings. The maximum Gasteiger partial charge on any atom is 0.337 e. The Bertz CT molecular complexity index is 1010. The Morgan fingerprint density at radius 1 is 1.20 bits per heavy atom. The summed E-state index contributed by atoms with van der Waals surface area (Å²) in [5.41, 5.74) is 2.19. The molecule has 30 heavy (non-hydrogen) atoms. The van der Waals surface area contributed by atoms with Gasteiger partial charge in [-0.05, 0) is 52.5 Å². The van der Waals surface area contributed by atoms with E-state index in [1.165, 1.54) is 12.3 Å². The van der Waals surface area contributed by atoms with Crippen molar-refractivity contribution in [2.45, 2.75) is 64.4 Å². The Morgan fingerprint density at radius 2 is 2.00 bits per heavy atom. The van der Waals surface area contributed by atoms with Gasteiger partial charge in [0, 0.05) is 18.5 Å². The number of ether oxygens (including phenoxy) is 1. The molecule has 0 spiro atoms. The quantitative estimate of drug-likeness (QED) is 0.535. The zero-order chi connectivity index (χ0) is 21.7. The SMILES string of the molecule is CC(C)(C)OC(=O)CCCCc1nc2cc(C(=O)O)cnc2nc1C1C=CC=CC1. The number of aryl methyl sites for hydroxylation is 1. The third kappa shape index (κ3) is 5.72. The summed E-state index contributed by atoms with van der Waals surface area (Å²) in [4.78, 5) is 36.8. The number of carbonyl (C=O) groups is 2. The summed E-state index contributed by atoms with van der Waals surface area (Å²) in [7, 11) is 0. The van der Waals surface area contributed by atoms with Crippen LogP contribution in [0.5, 0.6) is 0 Å². The number of carbonyl (C=O) groups excluding carboxylic acids is 1. The van der Waals surface area contributed by atoms with E-state index in [0.29, 0.717) is 30.4 Å². The van der Waals surface area contributed by atoms with Gasteiger partial charge in [-0.1, -0.05) is 24.3 Å². The molecule has 0 aliphatic heterocycles. The van der Waals surface area contributed by atoms with Crippen LogP contribution in [0.1, 0.15) is 74.1 Å². The first-order chi connectivity index (χ1) is 14.2. The second kappa shape index (κ2) is 9.15. The van der Waals surface area contributed by atoms with E-state index in [1.54, 1.807) is 0 Å².